The van der Waals surface area contributed by atoms with E-state index < -0.39 is 0 Å². The normalized spacial score (nSPS) is 10.6. The third kappa shape index (κ3) is 2.58. The molecule has 0 saturated carbocycles. The van der Waals surface area contributed by atoms with Crippen LogP contribution in [0.5, 0.6) is 0 Å². The van der Waals surface area contributed by atoms with Crippen LogP contribution in [0.15, 0.2) is 66.1 Å². The van der Waals surface area contributed by atoms with E-state index in [0.717, 1.165) is 5.56 Å². The number of rotatable bonds is 4. The van der Waals surface area contributed by atoms with Gasteiger partial charge in [0.25, 0.3) is 0 Å². The summed E-state index contributed by atoms with van der Waals surface area (Å²) in [7, 11) is 0. The zero-order chi connectivity index (χ0) is 12.1. The molecule has 0 saturated heterocycles. The van der Waals surface area contributed by atoms with E-state index >= 15 is 0 Å². The molecule has 0 atom stereocenters. The second-order valence-electron chi connectivity index (χ2n) is 3.40. The average Bonchev–Trinajstić information content (AvgIpc) is 2.86. The first-order chi connectivity index (χ1) is 8.31. The van der Waals surface area contributed by atoms with Crippen LogP contribution in [0.1, 0.15) is 5.89 Å². The Hall–Kier alpha value is -2.42. The van der Waals surface area contributed by atoms with Gasteiger partial charge in [-0.15, -0.1) is 10.2 Å². The molecule has 2 aromatic rings. The summed E-state index contributed by atoms with van der Waals surface area (Å²) in [5, 5.41) is 7.92. The van der Waals surface area contributed by atoms with E-state index in [-0.39, 0.29) is 0 Å². The maximum atomic E-state index is 5.52. The van der Waals surface area contributed by atoms with E-state index in [9.17, 15) is 0 Å². The zero-order valence-corrected chi connectivity index (χ0v) is 9.34. The molecular formula is C14H12N2O. The van der Waals surface area contributed by atoms with Crippen molar-refractivity contribution < 1.29 is 4.42 Å². The van der Waals surface area contributed by atoms with Gasteiger partial charge in [0.1, 0.15) is 0 Å². The Bertz CT molecular complexity index is 553. The van der Waals surface area contributed by atoms with Gasteiger partial charge in [-0.05, 0) is 12.1 Å². The zero-order valence-electron chi connectivity index (χ0n) is 9.34. The van der Waals surface area contributed by atoms with Gasteiger partial charge in [-0.1, -0.05) is 49.6 Å². The maximum Gasteiger partial charge on any atom is 0.248 e. The molecule has 0 N–H and O–H groups in total. The first-order valence-electron chi connectivity index (χ1n) is 5.18. The first kappa shape index (κ1) is 11.1. The molecule has 3 nitrogen and oxygen atoms in total. The lowest BCUT2D eigenvalue weighted by molar-refractivity contribution is 0.554. The van der Waals surface area contributed by atoms with Crippen LogP contribution in [0.2, 0.25) is 0 Å². The molecule has 0 aliphatic carbocycles. The van der Waals surface area contributed by atoms with Crippen LogP contribution in [0, 0.1) is 0 Å². The summed E-state index contributed by atoms with van der Waals surface area (Å²) in [5.41, 5.74) is 1.56. The van der Waals surface area contributed by atoms with E-state index in [1.165, 1.54) is 0 Å². The number of benzene rings is 1. The molecule has 0 aliphatic heterocycles. The summed E-state index contributed by atoms with van der Waals surface area (Å²) in [6.07, 6.45) is 5.21. The SMILES string of the molecule is C=C/C=C\C(=C)c1nnc(-c2ccccc2)o1. The predicted octanol–water partition coefficient (Wildman–Crippen LogP) is 3.49. The Balaban J connectivity index is 2.25. The molecule has 17 heavy (non-hydrogen) atoms. The van der Waals surface area contributed by atoms with Gasteiger partial charge in [0, 0.05) is 11.1 Å². The van der Waals surface area contributed by atoms with Crippen molar-refractivity contribution in [3.05, 3.63) is 67.6 Å². The third-order valence-corrected chi connectivity index (χ3v) is 2.15. The Morgan fingerprint density at radius 3 is 2.65 bits per heavy atom. The van der Waals surface area contributed by atoms with Crippen molar-refractivity contribution in [2.45, 2.75) is 0 Å². The molecule has 84 valence electrons. The fraction of sp³-hybridized carbons (Fsp3) is 0. The van der Waals surface area contributed by atoms with Gasteiger partial charge in [-0.2, -0.15) is 0 Å². The van der Waals surface area contributed by atoms with Crippen molar-refractivity contribution in [3.8, 4) is 11.5 Å². The molecule has 1 heterocycles. The number of hydrogen-bond acceptors (Lipinski definition) is 3. The highest BCUT2D eigenvalue weighted by molar-refractivity contribution is 5.67. The molecule has 1 aromatic carbocycles. The lowest BCUT2D eigenvalue weighted by Crippen LogP contribution is -1.77. The van der Waals surface area contributed by atoms with Crippen LogP contribution in [-0.2, 0) is 0 Å². The number of aromatic nitrogens is 2. The Labute approximate surface area is 99.8 Å². The van der Waals surface area contributed by atoms with Gasteiger partial charge in [0.05, 0.1) is 0 Å². The van der Waals surface area contributed by atoms with Crippen LogP contribution in [0.3, 0.4) is 0 Å². The van der Waals surface area contributed by atoms with Crippen LogP contribution in [0.4, 0.5) is 0 Å². The second kappa shape index (κ2) is 5.07. The number of hydrogen-bond donors (Lipinski definition) is 0. The van der Waals surface area contributed by atoms with Crippen molar-refractivity contribution in [2.24, 2.45) is 0 Å². The van der Waals surface area contributed by atoms with Crippen molar-refractivity contribution in [2.75, 3.05) is 0 Å². The van der Waals surface area contributed by atoms with Gasteiger partial charge in [-0.25, -0.2) is 0 Å². The number of allylic oxidation sites excluding steroid dienone is 4. The monoisotopic (exact) mass is 224 g/mol. The first-order valence-corrected chi connectivity index (χ1v) is 5.18. The maximum absolute atomic E-state index is 5.52. The quantitative estimate of drug-likeness (QED) is 0.746. The summed E-state index contributed by atoms with van der Waals surface area (Å²) in [6.45, 7) is 7.42. The van der Waals surface area contributed by atoms with E-state index in [1.54, 1.807) is 18.2 Å². The lowest BCUT2D eigenvalue weighted by atomic mass is 10.2. The Kier molecular flexibility index (Phi) is 3.31. The highest BCUT2D eigenvalue weighted by Gasteiger charge is 2.08. The fourth-order valence-electron chi connectivity index (χ4n) is 1.31. The van der Waals surface area contributed by atoms with Crippen LogP contribution < -0.4 is 0 Å². The molecule has 0 bridgehead atoms. The molecular weight excluding hydrogens is 212 g/mol. The highest BCUT2D eigenvalue weighted by Crippen LogP contribution is 2.20. The molecule has 0 amide bonds. The Morgan fingerprint density at radius 1 is 1.18 bits per heavy atom. The predicted molar refractivity (Wildman–Crippen MR) is 68.1 cm³/mol. The van der Waals surface area contributed by atoms with E-state index in [1.807, 2.05) is 30.3 Å². The summed E-state index contributed by atoms with van der Waals surface area (Å²) in [5.74, 6) is 0.913. The third-order valence-electron chi connectivity index (χ3n) is 2.15. The van der Waals surface area contributed by atoms with Crippen molar-refractivity contribution >= 4 is 5.57 Å². The van der Waals surface area contributed by atoms with Gasteiger partial charge >= 0.3 is 0 Å². The largest absolute Gasteiger partial charge is 0.416 e. The van der Waals surface area contributed by atoms with Gasteiger partial charge in [-0.3, -0.25) is 0 Å². The van der Waals surface area contributed by atoms with E-state index in [4.69, 9.17) is 4.42 Å². The summed E-state index contributed by atoms with van der Waals surface area (Å²) in [4.78, 5) is 0. The second-order valence-corrected chi connectivity index (χ2v) is 3.40. The molecule has 3 heteroatoms. The summed E-state index contributed by atoms with van der Waals surface area (Å²) in [6, 6.07) is 9.61. The van der Waals surface area contributed by atoms with Gasteiger partial charge in [0.2, 0.25) is 11.8 Å². The van der Waals surface area contributed by atoms with Crippen molar-refractivity contribution in [3.63, 3.8) is 0 Å². The number of nitrogens with zero attached hydrogens (tertiary/aromatic N) is 2. The minimum absolute atomic E-state index is 0.418. The topological polar surface area (TPSA) is 38.9 Å². The fourth-order valence-corrected chi connectivity index (χ4v) is 1.31. The standard InChI is InChI=1S/C14H12N2O/c1-3-4-8-11(2)13-15-16-14(17-13)12-9-6-5-7-10-12/h3-10H,1-2H2/b8-4-. The minimum Gasteiger partial charge on any atom is -0.416 e. The molecule has 2 rings (SSSR count). The molecule has 0 aliphatic rings. The molecule has 0 unspecified atom stereocenters. The van der Waals surface area contributed by atoms with Gasteiger partial charge in [0.15, 0.2) is 0 Å². The average molecular weight is 224 g/mol. The minimum atomic E-state index is 0.418. The van der Waals surface area contributed by atoms with E-state index in [2.05, 4.69) is 23.4 Å². The smallest absolute Gasteiger partial charge is 0.248 e. The van der Waals surface area contributed by atoms with Crippen LogP contribution in [0.25, 0.3) is 17.0 Å². The lowest BCUT2D eigenvalue weighted by Gasteiger charge is -1.92. The van der Waals surface area contributed by atoms with Crippen LogP contribution in [-0.4, -0.2) is 10.2 Å². The molecule has 0 radical (unpaired) electrons. The Morgan fingerprint density at radius 2 is 1.94 bits per heavy atom. The molecule has 0 fully saturated rings. The van der Waals surface area contributed by atoms with Crippen molar-refractivity contribution in [1.29, 1.82) is 0 Å². The molecule has 0 spiro atoms. The van der Waals surface area contributed by atoms with Crippen molar-refractivity contribution in [1.82, 2.24) is 10.2 Å². The summed E-state index contributed by atoms with van der Waals surface area (Å²) < 4.78 is 5.52. The summed E-state index contributed by atoms with van der Waals surface area (Å²) >= 11 is 0. The van der Waals surface area contributed by atoms with Gasteiger partial charge < -0.3 is 4.42 Å². The molecule has 1 aromatic heterocycles. The highest BCUT2D eigenvalue weighted by atomic mass is 16.4. The van der Waals surface area contributed by atoms with E-state index in [0.29, 0.717) is 17.4 Å². The van der Waals surface area contributed by atoms with Crippen LogP contribution >= 0.6 is 0 Å².